The average molecular weight is 353 g/mol. The molecule has 0 amide bonds. The van der Waals surface area contributed by atoms with Crippen LogP contribution in [0, 0.1) is 0 Å². The second-order valence-corrected chi connectivity index (χ2v) is 7.37. The summed E-state index contributed by atoms with van der Waals surface area (Å²) in [5, 5.41) is 0. The van der Waals surface area contributed by atoms with E-state index in [0.29, 0.717) is 0 Å². The normalized spacial score (nSPS) is 11.3. The molecular formula is C23H44O2. The van der Waals surface area contributed by atoms with Crippen LogP contribution in [0.4, 0.5) is 0 Å². The third kappa shape index (κ3) is 21.2. The molecule has 0 aromatic heterocycles. The summed E-state index contributed by atoms with van der Waals surface area (Å²) in [4.78, 5) is 10.9. The quantitative estimate of drug-likeness (QED) is 0.135. The summed E-state index contributed by atoms with van der Waals surface area (Å²) in [7, 11) is 1.42. The Morgan fingerprint density at radius 3 is 1.36 bits per heavy atom. The van der Waals surface area contributed by atoms with Gasteiger partial charge in [-0.3, -0.25) is 0 Å². The van der Waals surface area contributed by atoms with Gasteiger partial charge in [-0.15, -0.1) is 0 Å². The molecule has 0 heterocycles. The van der Waals surface area contributed by atoms with Gasteiger partial charge in [-0.1, -0.05) is 116 Å². The van der Waals surface area contributed by atoms with Gasteiger partial charge in [-0.05, 0) is 12.8 Å². The van der Waals surface area contributed by atoms with E-state index in [0.717, 1.165) is 6.42 Å². The van der Waals surface area contributed by atoms with E-state index in [1.807, 2.05) is 6.08 Å². The number of hydrogen-bond acceptors (Lipinski definition) is 2. The van der Waals surface area contributed by atoms with Crippen LogP contribution < -0.4 is 0 Å². The summed E-state index contributed by atoms with van der Waals surface area (Å²) >= 11 is 0. The van der Waals surface area contributed by atoms with Crippen LogP contribution in [0.25, 0.3) is 0 Å². The van der Waals surface area contributed by atoms with Crippen molar-refractivity contribution in [2.75, 3.05) is 7.11 Å². The molecule has 0 radical (unpaired) electrons. The topological polar surface area (TPSA) is 26.3 Å². The molecule has 0 N–H and O–H groups in total. The van der Waals surface area contributed by atoms with E-state index in [4.69, 9.17) is 0 Å². The molecule has 0 spiro atoms. The summed E-state index contributed by atoms with van der Waals surface area (Å²) in [5.74, 6) is -0.244. The Hall–Kier alpha value is -0.790. The first-order valence-corrected chi connectivity index (χ1v) is 11.1. The van der Waals surface area contributed by atoms with Crippen LogP contribution in [-0.2, 0) is 9.53 Å². The first kappa shape index (κ1) is 24.2. The van der Waals surface area contributed by atoms with Crippen molar-refractivity contribution in [1.82, 2.24) is 0 Å². The van der Waals surface area contributed by atoms with E-state index in [-0.39, 0.29) is 5.97 Å². The molecule has 0 aliphatic rings. The van der Waals surface area contributed by atoms with Crippen molar-refractivity contribution in [3.8, 4) is 0 Å². The highest BCUT2D eigenvalue weighted by Crippen LogP contribution is 2.14. The van der Waals surface area contributed by atoms with E-state index in [2.05, 4.69) is 11.7 Å². The van der Waals surface area contributed by atoms with Crippen LogP contribution in [0.1, 0.15) is 122 Å². The SMILES string of the molecule is CCCCCCCCCCCCCCCCCCCC=CC(=O)OC. The number of hydrogen-bond donors (Lipinski definition) is 0. The lowest BCUT2D eigenvalue weighted by molar-refractivity contribution is -0.134. The minimum Gasteiger partial charge on any atom is -0.466 e. The molecule has 0 saturated heterocycles. The highest BCUT2D eigenvalue weighted by Gasteiger charge is 1.95. The van der Waals surface area contributed by atoms with Gasteiger partial charge < -0.3 is 4.74 Å². The molecule has 0 fully saturated rings. The predicted octanol–water partition coefficient (Wildman–Crippen LogP) is 7.76. The van der Waals surface area contributed by atoms with Gasteiger partial charge in [0.05, 0.1) is 7.11 Å². The van der Waals surface area contributed by atoms with Crippen LogP contribution in [-0.4, -0.2) is 13.1 Å². The van der Waals surface area contributed by atoms with Crippen LogP contribution in [0.2, 0.25) is 0 Å². The first-order valence-electron chi connectivity index (χ1n) is 11.1. The molecule has 0 saturated carbocycles. The number of methoxy groups -OCH3 is 1. The van der Waals surface area contributed by atoms with Gasteiger partial charge in [0.1, 0.15) is 0 Å². The van der Waals surface area contributed by atoms with Gasteiger partial charge >= 0.3 is 5.97 Å². The smallest absolute Gasteiger partial charge is 0.330 e. The lowest BCUT2D eigenvalue weighted by Crippen LogP contribution is -1.93. The summed E-state index contributed by atoms with van der Waals surface area (Å²) < 4.78 is 4.56. The van der Waals surface area contributed by atoms with Crippen LogP contribution in [0.3, 0.4) is 0 Å². The Balaban J connectivity index is 3.05. The van der Waals surface area contributed by atoms with Gasteiger partial charge in [0, 0.05) is 6.08 Å². The standard InChI is InChI=1S/C23H44O2/c1-3-4-5-6-7-8-9-10-11-12-13-14-15-16-17-18-19-20-21-22-23(24)25-2/h21-22H,3-20H2,1-2H3. The van der Waals surface area contributed by atoms with Gasteiger partial charge in [0.2, 0.25) is 0 Å². The molecule has 2 heteroatoms. The van der Waals surface area contributed by atoms with Crippen molar-refractivity contribution in [2.45, 2.75) is 122 Å². The zero-order valence-corrected chi connectivity index (χ0v) is 17.2. The molecule has 148 valence electrons. The van der Waals surface area contributed by atoms with Crippen molar-refractivity contribution in [3.05, 3.63) is 12.2 Å². The molecular weight excluding hydrogens is 308 g/mol. The fourth-order valence-corrected chi connectivity index (χ4v) is 3.23. The van der Waals surface area contributed by atoms with Crippen molar-refractivity contribution in [1.29, 1.82) is 0 Å². The van der Waals surface area contributed by atoms with E-state index in [1.54, 1.807) is 0 Å². The summed E-state index contributed by atoms with van der Waals surface area (Å²) in [6.07, 6.45) is 28.3. The van der Waals surface area contributed by atoms with Crippen molar-refractivity contribution < 1.29 is 9.53 Å². The minimum absolute atomic E-state index is 0.244. The van der Waals surface area contributed by atoms with Crippen molar-refractivity contribution >= 4 is 5.97 Å². The van der Waals surface area contributed by atoms with Gasteiger partial charge in [0.15, 0.2) is 0 Å². The maximum atomic E-state index is 10.9. The number of carbonyl (C=O) groups excluding carboxylic acids is 1. The highest BCUT2D eigenvalue weighted by molar-refractivity contribution is 5.81. The molecule has 0 aromatic rings. The predicted molar refractivity (Wildman–Crippen MR) is 110 cm³/mol. The number of esters is 1. The van der Waals surface area contributed by atoms with E-state index in [9.17, 15) is 4.79 Å². The summed E-state index contributed by atoms with van der Waals surface area (Å²) in [6.45, 7) is 2.29. The molecule has 0 unspecified atom stereocenters. The number of ether oxygens (including phenoxy) is 1. The third-order valence-electron chi connectivity index (χ3n) is 4.93. The molecule has 0 atom stereocenters. The highest BCUT2D eigenvalue weighted by atomic mass is 16.5. The van der Waals surface area contributed by atoms with Gasteiger partial charge in [0.25, 0.3) is 0 Å². The van der Waals surface area contributed by atoms with Crippen LogP contribution in [0.5, 0.6) is 0 Å². The Morgan fingerprint density at radius 2 is 1.00 bits per heavy atom. The molecule has 25 heavy (non-hydrogen) atoms. The maximum absolute atomic E-state index is 10.9. The van der Waals surface area contributed by atoms with E-state index >= 15 is 0 Å². The lowest BCUT2D eigenvalue weighted by atomic mass is 10.0. The van der Waals surface area contributed by atoms with E-state index in [1.165, 1.54) is 122 Å². The van der Waals surface area contributed by atoms with Crippen molar-refractivity contribution in [3.63, 3.8) is 0 Å². The Labute approximate surface area is 157 Å². The van der Waals surface area contributed by atoms with Gasteiger partial charge in [-0.25, -0.2) is 4.79 Å². The molecule has 0 aliphatic carbocycles. The zero-order chi connectivity index (χ0) is 18.4. The fourth-order valence-electron chi connectivity index (χ4n) is 3.23. The number of carbonyl (C=O) groups is 1. The molecule has 0 bridgehead atoms. The van der Waals surface area contributed by atoms with Crippen LogP contribution >= 0.6 is 0 Å². The number of allylic oxidation sites excluding steroid dienone is 1. The lowest BCUT2D eigenvalue weighted by Gasteiger charge is -2.03. The summed E-state index contributed by atoms with van der Waals surface area (Å²) in [5.41, 5.74) is 0. The first-order chi connectivity index (χ1) is 12.3. The Morgan fingerprint density at radius 1 is 0.640 bits per heavy atom. The Kier molecular flexibility index (Phi) is 20.6. The molecule has 0 aliphatic heterocycles. The molecule has 2 nitrogen and oxygen atoms in total. The maximum Gasteiger partial charge on any atom is 0.330 e. The van der Waals surface area contributed by atoms with Crippen LogP contribution in [0.15, 0.2) is 12.2 Å². The van der Waals surface area contributed by atoms with Gasteiger partial charge in [-0.2, -0.15) is 0 Å². The number of unbranched alkanes of at least 4 members (excludes halogenated alkanes) is 17. The summed E-state index contributed by atoms with van der Waals surface area (Å²) in [6, 6.07) is 0. The second-order valence-electron chi connectivity index (χ2n) is 7.37. The minimum atomic E-state index is -0.244. The monoisotopic (exact) mass is 352 g/mol. The Bertz CT molecular complexity index is 296. The average Bonchev–Trinajstić information content (AvgIpc) is 2.63. The van der Waals surface area contributed by atoms with E-state index < -0.39 is 0 Å². The zero-order valence-electron chi connectivity index (χ0n) is 17.2. The second kappa shape index (κ2) is 21.3. The largest absolute Gasteiger partial charge is 0.466 e. The van der Waals surface area contributed by atoms with Crippen molar-refractivity contribution in [2.24, 2.45) is 0 Å². The molecule has 0 rings (SSSR count). The molecule has 0 aromatic carbocycles. The fraction of sp³-hybridized carbons (Fsp3) is 0.870. The third-order valence-corrected chi connectivity index (χ3v) is 4.93. The number of rotatable bonds is 19.